The van der Waals surface area contributed by atoms with E-state index in [0.717, 1.165) is 16.7 Å². The maximum Gasteiger partial charge on any atom is 0.264 e. The van der Waals surface area contributed by atoms with Crippen molar-refractivity contribution in [2.24, 2.45) is 11.7 Å². The molecule has 9 nitrogen and oxygen atoms in total. The highest BCUT2D eigenvalue weighted by molar-refractivity contribution is 7.92. The Morgan fingerprint density at radius 2 is 1.75 bits per heavy atom. The van der Waals surface area contributed by atoms with E-state index in [1.165, 1.54) is 12.1 Å². The quantitative estimate of drug-likeness (QED) is 0.453. The Morgan fingerprint density at radius 1 is 1.07 bits per heavy atom. The minimum absolute atomic E-state index is 0. The molecule has 2 aromatic carbocycles. The molecule has 3 N–H and O–H groups in total. The summed E-state index contributed by atoms with van der Waals surface area (Å²) < 4.78 is 35.6. The van der Waals surface area contributed by atoms with Crippen LogP contribution < -0.4 is 15.2 Å². The fraction of sp³-hybridized carbons (Fsp3) is 0.414. The number of hydrogen-bond donors (Lipinski definition) is 2. The van der Waals surface area contributed by atoms with Crippen LogP contribution in [0, 0.1) is 19.8 Å². The van der Waals surface area contributed by atoms with Crippen LogP contribution in [0.15, 0.2) is 53.4 Å². The summed E-state index contributed by atoms with van der Waals surface area (Å²) in [5.41, 5.74) is 9.85. The van der Waals surface area contributed by atoms with Gasteiger partial charge in [-0.2, -0.15) is 4.98 Å². The van der Waals surface area contributed by atoms with E-state index in [1.807, 2.05) is 36.9 Å². The first-order valence-electron chi connectivity index (χ1n) is 13.3. The standard InChI is InChI=1S/C29H35N5O4S.ClH/c1-17(2)11-23-16-38-26-15-25(27-18(3)7-5-8-19(27)4)31-29(32-26)33-39(36,37)24-10-6-9-20(12-24)28(35)34(23)22-13-21(30)14-22;/h5-10,12,15,17,21-23H,11,13-14,16,30H2,1-4H3,(H,31,32,33);1H/t21?,22?,23-;/m1./s1. The van der Waals surface area contributed by atoms with E-state index in [-0.39, 0.29) is 65.7 Å². The molecule has 1 amide bonds. The molecule has 5 rings (SSSR count). The van der Waals surface area contributed by atoms with Gasteiger partial charge in [-0.15, -0.1) is 12.4 Å². The van der Waals surface area contributed by atoms with E-state index in [2.05, 4.69) is 28.5 Å². The van der Waals surface area contributed by atoms with Crippen molar-refractivity contribution < 1.29 is 17.9 Å². The molecule has 1 atom stereocenters. The highest BCUT2D eigenvalue weighted by atomic mass is 35.5. The van der Waals surface area contributed by atoms with Gasteiger partial charge in [0.25, 0.3) is 15.9 Å². The van der Waals surface area contributed by atoms with Gasteiger partial charge >= 0.3 is 0 Å². The van der Waals surface area contributed by atoms with Crippen molar-refractivity contribution in [3.8, 4) is 17.1 Å². The topological polar surface area (TPSA) is 128 Å². The molecule has 1 aliphatic carbocycles. The molecule has 0 radical (unpaired) electrons. The number of hydrogen-bond acceptors (Lipinski definition) is 7. The van der Waals surface area contributed by atoms with Crippen molar-refractivity contribution in [1.29, 1.82) is 0 Å². The van der Waals surface area contributed by atoms with Crippen LogP contribution in [0.1, 0.15) is 54.6 Å². The lowest BCUT2D eigenvalue weighted by atomic mass is 9.84. The SMILES string of the molecule is Cc1cccc(C)c1-c1cc2nc(n1)NS(=O)(=O)c1cccc(c1)C(=O)N(C1CC(N)C1)[C@H](CC(C)C)CO2.Cl. The fourth-order valence-corrected chi connectivity index (χ4v) is 6.48. The number of anilines is 1. The highest BCUT2D eigenvalue weighted by Gasteiger charge is 2.39. The van der Waals surface area contributed by atoms with E-state index in [0.29, 0.717) is 30.5 Å². The number of sulfonamides is 1. The number of carbonyl (C=O) groups is 1. The van der Waals surface area contributed by atoms with Crippen molar-refractivity contribution in [2.45, 2.75) is 70.0 Å². The molecule has 11 heteroatoms. The minimum Gasteiger partial charge on any atom is -0.475 e. The first-order chi connectivity index (χ1) is 18.5. The molecule has 1 saturated carbocycles. The molecule has 2 heterocycles. The maximum absolute atomic E-state index is 13.9. The summed E-state index contributed by atoms with van der Waals surface area (Å²) in [6, 6.07) is 13.5. The van der Waals surface area contributed by atoms with Crippen molar-refractivity contribution in [2.75, 3.05) is 11.3 Å². The predicted molar refractivity (Wildman–Crippen MR) is 157 cm³/mol. The van der Waals surface area contributed by atoms with Gasteiger partial charge in [0.2, 0.25) is 11.8 Å². The van der Waals surface area contributed by atoms with E-state index < -0.39 is 10.0 Å². The lowest BCUT2D eigenvalue weighted by Crippen LogP contribution is -2.58. The predicted octanol–water partition coefficient (Wildman–Crippen LogP) is 4.72. The molecule has 3 aromatic rings. The van der Waals surface area contributed by atoms with Gasteiger partial charge in [-0.25, -0.2) is 18.1 Å². The van der Waals surface area contributed by atoms with Gasteiger partial charge in [-0.1, -0.05) is 38.1 Å². The minimum atomic E-state index is -4.09. The van der Waals surface area contributed by atoms with Crippen LogP contribution in [-0.2, 0) is 10.0 Å². The van der Waals surface area contributed by atoms with Gasteiger partial charge in [-0.3, -0.25) is 4.79 Å². The first-order valence-corrected chi connectivity index (χ1v) is 14.8. The Labute approximate surface area is 242 Å². The lowest BCUT2D eigenvalue weighted by Gasteiger charge is -2.45. The Morgan fingerprint density at radius 3 is 2.40 bits per heavy atom. The molecule has 1 fully saturated rings. The molecule has 0 unspecified atom stereocenters. The number of rotatable bonds is 4. The van der Waals surface area contributed by atoms with Crippen LogP contribution in [0.25, 0.3) is 11.3 Å². The number of nitrogens with one attached hydrogen (secondary N) is 1. The van der Waals surface area contributed by atoms with Crippen molar-refractivity contribution in [3.63, 3.8) is 0 Å². The smallest absolute Gasteiger partial charge is 0.264 e. The van der Waals surface area contributed by atoms with E-state index in [1.54, 1.807) is 18.2 Å². The van der Waals surface area contributed by atoms with Crippen LogP contribution in [0.2, 0.25) is 0 Å². The molecule has 40 heavy (non-hydrogen) atoms. The number of halogens is 1. The summed E-state index contributed by atoms with van der Waals surface area (Å²) in [7, 11) is -4.09. The summed E-state index contributed by atoms with van der Waals surface area (Å²) in [4.78, 5) is 24.7. The van der Waals surface area contributed by atoms with Crippen LogP contribution in [-0.4, -0.2) is 53.9 Å². The zero-order chi connectivity index (χ0) is 27.9. The molecular weight excluding hydrogens is 550 g/mol. The largest absolute Gasteiger partial charge is 0.475 e. The zero-order valence-electron chi connectivity index (χ0n) is 23.1. The third kappa shape index (κ3) is 6.09. The second kappa shape index (κ2) is 11.7. The van der Waals surface area contributed by atoms with E-state index in [9.17, 15) is 13.2 Å². The molecule has 2 aliphatic rings. The summed E-state index contributed by atoms with van der Waals surface area (Å²) in [5.74, 6) is 0.199. The average Bonchev–Trinajstić information content (AvgIpc) is 2.85. The Bertz CT molecular complexity index is 1490. The first kappa shape index (κ1) is 29.8. The van der Waals surface area contributed by atoms with Gasteiger partial charge in [-0.05, 0) is 68.4 Å². The van der Waals surface area contributed by atoms with Crippen molar-refractivity contribution >= 4 is 34.3 Å². The summed E-state index contributed by atoms with van der Waals surface area (Å²) in [5, 5.41) is 0. The van der Waals surface area contributed by atoms with Crippen LogP contribution in [0.5, 0.6) is 5.88 Å². The van der Waals surface area contributed by atoms with Gasteiger partial charge in [0.1, 0.15) is 6.61 Å². The van der Waals surface area contributed by atoms with Crippen LogP contribution in [0.3, 0.4) is 0 Å². The summed E-state index contributed by atoms with van der Waals surface area (Å²) in [6.45, 7) is 8.37. The van der Waals surface area contributed by atoms with Crippen LogP contribution >= 0.6 is 12.4 Å². The molecule has 214 valence electrons. The Balaban J connectivity index is 0.00000370. The number of nitrogens with zero attached hydrogens (tertiary/aromatic N) is 3. The van der Waals surface area contributed by atoms with Crippen molar-refractivity contribution in [1.82, 2.24) is 14.9 Å². The number of ether oxygens (including phenoxy) is 1. The molecular formula is C29H36ClN5O4S. The summed E-state index contributed by atoms with van der Waals surface area (Å²) >= 11 is 0. The number of amides is 1. The van der Waals surface area contributed by atoms with Gasteiger partial charge in [0.15, 0.2) is 0 Å². The van der Waals surface area contributed by atoms with Gasteiger partial charge in [0, 0.05) is 29.3 Å². The molecule has 4 bridgehead atoms. The number of nitrogens with two attached hydrogens (primary N) is 1. The van der Waals surface area contributed by atoms with E-state index in [4.69, 9.17) is 10.5 Å². The average molecular weight is 586 g/mol. The number of carbonyl (C=O) groups excluding carboxylic acids is 1. The normalized spacial score (nSPS) is 22.0. The molecule has 0 spiro atoms. The van der Waals surface area contributed by atoms with E-state index >= 15 is 0 Å². The number of aryl methyl sites for hydroxylation is 2. The molecule has 0 saturated heterocycles. The number of aromatic nitrogens is 2. The fourth-order valence-electron chi connectivity index (χ4n) is 5.49. The number of fused-ring (bicyclic) bond motifs is 4. The molecule has 1 aromatic heterocycles. The zero-order valence-corrected chi connectivity index (χ0v) is 24.8. The highest BCUT2D eigenvalue weighted by Crippen LogP contribution is 2.33. The third-order valence-electron chi connectivity index (χ3n) is 7.39. The number of benzene rings is 2. The second-order valence-electron chi connectivity index (χ2n) is 11.0. The van der Waals surface area contributed by atoms with Gasteiger partial charge < -0.3 is 15.4 Å². The maximum atomic E-state index is 13.9. The van der Waals surface area contributed by atoms with Gasteiger partial charge in [0.05, 0.1) is 16.6 Å². The van der Waals surface area contributed by atoms with Crippen LogP contribution in [0.4, 0.5) is 5.95 Å². The monoisotopic (exact) mass is 585 g/mol. The third-order valence-corrected chi connectivity index (χ3v) is 8.72. The second-order valence-corrected chi connectivity index (χ2v) is 12.7. The molecule has 1 aliphatic heterocycles. The Hall–Kier alpha value is -3.21. The van der Waals surface area contributed by atoms with Crippen molar-refractivity contribution in [3.05, 3.63) is 65.2 Å². The summed E-state index contributed by atoms with van der Waals surface area (Å²) in [6.07, 6.45) is 2.08. The Kier molecular flexibility index (Phi) is 8.72. The lowest BCUT2D eigenvalue weighted by molar-refractivity contribution is 0.0251.